The molecule has 0 saturated carbocycles. The molecule has 3 nitrogen and oxygen atoms in total. The second-order valence-electron chi connectivity index (χ2n) is 3.89. The third-order valence-electron chi connectivity index (χ3n) is 2.56. The lowest BCUT2D eigenvalue weighted by atomic mass is 10.2. The maximum Gasteiger partial charge on any atom is 0.154 e. The van der Waals surface area contributed by atoms with Gasteiger partial charge in [-0.05, 0) is 35.0 Å². The SMILES string of the molecule is Cc1nc(Br)cc(-c2cc3cccc(Cl)c3o2)n1. The zero-order valence-electron chi connectivity index (χ0n) is 9.45. The quantitative estimate of drug-likeness (QED) is 0.614. The van der Waals surface area contributed by atoms with E-state index in [-0.39, 0.29) is 0 Å². The fourth-order valence-electron chi connectivity index (χ4n) is 1.81. The van der Waals surface area contributed by atoms with Gasteiger partial charge in [-0.2, -0.15) is 0 Å². The molecule has 0 bridgehead atoms. The number of para-hydroxylation sites is 1. The molecule has 0 aliphatic heterocycles. The molecule has 3 aromatic rings. The molecular formula is C13H8BrClN2O. The lowest BCUT2D eigenvalue weighted by molar-refractivity contribution is 0.628. The molecular weight excluding hydrogens is 316 g/mol. The minimum atomic E-state index is 0.601. The van der Waals surface area contributed by atoms with Crippen LogP contribution in [0, 0.1) is 6.92 Å². The first kappa shape index (κ1) is 11.7. The highest BCUT2D eigenvalue weighted by molar-refractivity contribution is 9.10. The van der Waals surface area contributed by atoms with E-state index in [4.69, 9.17) is 16.0 Å². The monoisotopic (exact) mass is 322 g/mol. The molecule has 0 aliphatic rings. The van der Waals surface area contributed by atoms with E-state index >= 15 is 0 Å². The molecule has 0 atom stereocenters. The summed E-state index contributed by atoms with van der Waals surface area (Å²) in [5, 5.41) is 1.56. The fraction of sp³-hybridized carbons (Fsp3) is 0.0769. The van der Waals surface area contributed by atoms with E-state index < -0.39 is 0 Å². The highest BCUT2D eigenvalue weighted by Crippen LogP contribution is 2.31. The van der Waals surface area contributed by atoms with Gasteiger partial charge in [0.1, 0.15) is 16.1 Å². The molecule has 0 spiro atoms. The molecule has 0 fully saturated rings. The fourth-order valence-corrected chi connectivity index (χ4v) is 2.51. The molecule has 5 heteroatoms. The molecule has 18 heavy (non-hydrogen) atoms. The van der Waals surface area contributed by atoms with Crippen LogP contribution in [0.4, 0.5) is 0 Å². The van der Waals surface area contributed by atoms with Crippen molar-refractivity contribution in [2.75, 3.05) is 0 Å². The van der Waals surface area contributed by atoms with Crippen molar-refractivity contribution < 1.29 is 4.42 Å². The third kappa shape index (κ3) is 2.02. The van der Waals surface area contributed by atoms with E-state index in [0.29, 0.717) is 22.2 Å². The average molecular weight is 324 g/mol. The summed E-state index contributed by atoms with van der Waals surface area (Å²) in [5.74, 6) is 1.37. The first-order chi connectivity index (χ1) is 8.63. The Morgan fingerprint density at radius 1 is 1.22 bits per heavy atom. The molecule has 0 amide bonds. The molecule has 90 valence electrons. The first-order valence-corrected chi connectivity index (χ1v) is 6.50. The molecule has 0 radical (unpaired) electrons. The van der Waals surface area contributed by atoms with E-state index in [0.717, 1.165) is 15.7 Å². The summed E-state index contributed by atoms with van der Waals surface area (Å²) in [6.07, 6.45) is 0. The highest BCUT2D eigenvalue weighted by Gasteiger charge is 2.11. The van der Waals surface area contributed by atoms with Gasteiger partial charge in [0, 0.05) is 11.5 Å². The van der Waals surface area contributed by atoms with Crippen LogP contribution >= 0.6 is 27.5 Å². The number of aryl methyl sites for hydroxylation is 1. The summed E-state index contributed by atoms with van der Waals surface area (Å²) in [7, 11) is 0. The van der Waals surface area contributed by atoms with E-state index in [9.17, 15) is 0 Å². The van der Waals surface area contributed by atoms with Crippen molar-refractivity contribution in [2.24, 2.45) is 0 Å². The smallest absolute Gasteiger partial charge is 0.154 e. The Labute approximate surface area is 117 Å². The van der Waals surface area contributed by atoms with Crippen LogP contribution in [0.1, 0.15) is 5.82 Å². The van der Waals surface area contributed by atoms with Crippen molar-refractivity contribution in [3.8, 4) is 11.5 Å². The van der Waals surface area contributed by atoms with Gasteiger partial charge in [0.15, 0.2) is 11.3 Å². The zero-order valence-corrected chi connectivity index (χ0v) is 11.8. The standard InChI is InChI=1S/C13H8BrClN2O/c1-7-16-10(6-12(14)17-7)11-5-8-3-2-4-9(15)13(8)18-11/h2-6H,1H3. The summed E-state index contributed by atoms with van der Waals surface area (Å²) in [5.41, 5.74) is 1.42. The van der Waals surface area contributed by atoms with Crippen molar-refractivity contribution in [1.82, 2.24) is 9.97 Å². The normalized spacial score (nSPS) is 11.1. The molecule has 2 heterocycles. The van der Waals surface area contributed by atoms with Crippen LogP contribution in [0.3, 0.4) is 0 Å². The predicted octanol–water partition coefficient (Wildman–Crippen LogP) is 4.61. The Balaban J connectivity index is 2.22. The first-order valence-electron chi connectivity index (χ1n) is 5.33. The van der Waals surface area contributed by atoms with Gasteiger partial charge in [-0.3, -0.25) is 0 Å². The van der Waals surface area contributed by atoms with Crippen LogP contribution in [0.2, 0.25) is 5.02 Å². The summed E-state index contributed by atoms with van der Waals surface area (Å²) in [6.45, 7) is 1.84. The summed E-state index contributed by atoms with van der Waals surface area (Å²) >= 11 is 9.43. The van der Waals surface area contributed by atoms with Crippen molar-refractivity contribution in [3.05, 3.63) is 45.8 Å². The number of hydrogen-bond donors (Lipinski definition) is 0. The van der Waals surface area contributed by atoms with Crippen molar-refractivity contribution in [2.45, 2.75) is 6.92 Å². The minimum absolute atomic E-state index is 0.601. The summed E-state index contributed by atoms with van der Waals surface area (Å²) in [6, 6.07) is 9.40. The second kappa shape index (κ2) is 4.37. The summed E-state index contributed by atoms with van der Waals surface area (Å²) < 4.78 is 6.48. The van der Waals surface area contributed by atoms with Crippen LogP contribution in [-0.4, -0.2) is 9.97 Å². The second-order valence-corrected chi connectivity index (χ2v) is 5.11. The molecule has 0 saturated heterocycles. The Kier molecular flexibility index (Phi) is 2.84. The van der Waals surface area contributed by atoms with Gasteiger partial charge in [-0.25, -0.2) is 9.97 Å². The third-order valence-corrected chi connectivity index (χ3v) is 3.26. The summed E-state index contributed by atoms with van der Waals surface area (Å²) in [4.78, 5) is 8.52. The van der Waals surface area contributed by atoms with Crippen LogP contribution < -0.4 is 0 Å². The van der Waals surface area contributed by atoms with Gasteiger partial charge in [0.05, 0.1) is 5.02 Å². The van der Waals surface area contributed by atoms with Crippen molar-refractivity contribution in [1.29, 1.82) is 0 Å². The Bertz CT molecular complexity index is 719. The number of furan rings is 1. The van der Waals surface area contributed by atoms with Gasteiger partial charge in [-0.15, -0.1) is 0 Å². The van der Waals surface area contributed by atoms with Gasteiger partial charge in [0.2, 0.25) is 0 Å². The molecule has 1 aromatic carbocycles. The number of rotatable bonds is 1. The van der Waals surface area contributed by atoms with Crippen molar-refractivity contribution >= 4 is 38.5 Å². The lowest BCUT2D eigenvalue weighted by Crippen LogP contribution is -1.90. The van der Waals surface area contributed by atoms with E-state index in [1.54, 1.807) is 6.07 Å². The van der Waals surface area contributed by atoms with Gasteiger partial charge in [-0.1, -0.05) is 23.7 Å². The Morgan fingerprint density at radius 3 is 2.78 bits per heavy atom. The zero-order chi connectivity index (χ0) is 12.7. The minimum Gasteiger partial charge on any atom is -0.453 e. The number of fused-ring (bicyclic) bond motifs is 1. The number of benzene rings is 1. The van der Waals surface area contributed by atoms with Crippen LogP contribution in [0.15, 0.2) is 39.4 Å². The van der Waals surface area contributed by atoms with Gasteiger partial charge < -0.3 is 4.42 Å². The number of hydrogen-bond acceptors (Lipinski definition) is 3. The number of nitrogens with zero attached hydrogens (tertiary/aromatic N) is 2. The highest BCUT2D eigenvalue weighted by atomic mass is 79.9. The average Bonchev–Trinajstić information content (AvgIpc) is 2.73. The van der Waals surface area contributed by atoms with E-state index in [2.05, 4.69) is 25.9 Å². The molecule has 0 N–H and O–H groups in total. The predicted molar refractivity (Wildman–Crippen MR) is 74.7 cm³/mol. The topological polar surface area (TPSA) is 38.9 Å². The maximum atomic E-state index is 6.08. The molecule has 0 aliphatic carbocycles. The lowest BCUT2D eigenvalue weighted by Gasteiger charge is -1.98. The van der Waals surface area contributed by atoms with Crippen molar-refractivity contribution in [3.63, 3.8) is 0 Å². The largest absolute Gasteiger partial charge is 0.453 e. The Hall–Kier alpha value is -1.39. The van der Waals surface area contributed by atoms with Gasteiger partial charge >= 0.3 is 0 Å². The van der Waals surface area contributed by atoms with Crippen LogP contribution in [0.5, 0.6) is 0 Å². The number of halogens is 2. The van der Waals surface area contributed by atoms with Crippen LogP contribution in [-0.2, 0) is 0 Å². The molecule has 2 aromatic heterocycles. The van der Waals surface area contributed by atoms with Crippen LogP contribution in [0.25, 0.3) is 22.4 Å². The maximum absolute atomic E-state index is 6.08. The van der Waals surface area contributed by atoms with E-state index in [1.807, 2.05) is 31.2 Å². The van der Waals surface area contributed by atoms with Gasteiger partial charge in [0.25, 0.3) is 0 Å². The molecule has 0 unspecified atom stereocenters. The van der Waals surface area contributed by atoms with E-state index in [1.165, 1.54) is 0 Å². The Morgan fingerprint density at radius 2 is 2.06 bits per heavy atom. The molecule has 3 rings (SSSR count). The number of aromatic nitrogens is 2.